The molecular formula is C24H23Cl2F3N2OS. The van der Waals surface area contributed by atoms with E-state index >= 15 is 0 Å². The van der Waals surface area contributed by atoms with Crippen LogP contribution < -0.4 is 0 Å². The van der Waals surface area contributed by atoms with E-state index in [1.165, 1.54) is 11.8 Å². The van der Waals surface area contributed by atoms with E-state index in [0.717, 1.165) is 4.57 Å². The molecule has 0 fully saturated rings. The summed E-state index contributed by atoms with van der Waals surface area (Å²) in [5, 5.41) is 0.864. The number of amides is 1. The highest BCUT2D eigenvalue weighted by molar-refractivity contribution is 7.98. The van der Waals surface area contributed by atoms with Gasteiger partial charge in [0.05, 0.1) is 0 Å². The molecule has 3 rings (SSSR count). The number of carbonyl (C=O) groups excluding carboxylic acids is 1. The molecule has 3 nitrogen and oxygen atoms in total. The van der Waals surface area contributed by atoms with Gasteiger partial charge in [0.25, 0.3) is 5.91 Å². The first-order valence-corrected chi connectivity index (χ1v) is 12.2. The Morgan fingerprint density at radius 3 is 2.33 bits per heavy atom. The molecule has 0 saturated carbocycles. The summed E-state index contributed by atoms with van der Waals surface area (Å²) in [7, 11) is 1.60. The highest BCUT2D eigenvalue weighted by atomic mass is 35.5. The van der Waals surface area contributed by atoms with Gasteiger partial charge in [0.1, 0.15) is 11.4 Å². The van der Waals surface area contributed by atoms with Crippen LogP contribution in [0.2, 0.25) is 10.0 Å². The summed E-state index contributed by atoms with van der Waals surface area (Å²) >= 11 is 13.6. The fraction of sp³-hybridized carbons (Fsp3) is 0.292. The van der Waals surface area contributed by atoms with Crippen molar-refractivity contribution in [2.75, 3.05) is 25.6 Å². The molecule has 0 aliphatic heterocycles. The van der Waals surface area contributed by atoms with Gasteiger partial charge in [-0.05, 0) is 54.1 Å². The summed E-state index contributed by atoms with van der Waals surface area (Å²) < 4.78 is 44.1. The van der Waals surface area contributed by atoms with Gasteiger partial charge in [0.2, 0.25) is 0 Å². The number of alkyl halides is 3. The van der Waals surface area contributed by atoms with Crippen LogP contribution in [0.25, 0.3) is 11.1 Å². The lowest BCUT2D eigenvalue weighted by Gasteiger charge is -2.21. The molecule has 0 atom stereocenters. The van der Waals surface area contributed by atoms with Crippen molar-refractivity contribution in [3.05, 3.63) is 81.1 Å². The van der Waals surface area contributed by atoms with Crippen LogP contribution in [0.15, 0.2) is 48.5 Å². The van der Waals surface area contributed by atoms with Crippen LogP contribution in [0.4, 0.5) is 13.2 Å². The lowest BCUT2D eigenvalue weighted by atomic mass is 10.00. The molecule has 0 aliphatic carbocycles. The second kappa shape index (κ2) is 10.5. The SMILES string of the molecule is CSCCN(C)C(=O)c1c(-c2ccc(Cl)cc2)c(C)c(C(F)(F)F)n1Cc1cccc(Cl)c1. The molecule has 1 heterocycles. The normalized spacial score (nSPS) is 11.6. The van der Waals surface area contributed by atoms with Crippen LogP contribution in [-0.4, -0.2) is 41.0 Å². The Hall–Kier alpha value is -2.09. The van der Waals surface area contributed by atoms with E-state index in [0.29, 0.717) is 33.5 Å². The van der Waals surface area contributed by atoms with E-state index in [9.17, 15) is 18.0 Å². The summed E-state index contributed by atoms with van der Waals surface area (Å²) in [5.41, 5.74) is 0.440. The number of carbonyl (C=O) groups is 1. The molecule has 1 aromatic heterocycles. The minimum atomic E-state index is -4.67. The average molecular weight is 515 g/mol. The Morgan fingerprint density at radius 2 is 1.76 bits per heavy atom. The van der Waals surface area contributed by atoms with Crippen molar-refractivity contribution in [3.63, 3.8) is 0 Å². The lowest BCUT2D eigenvalue weighted by Crippen LogP contribution is -2.32. The predicted octanol–water partition coefficient (Wildman–Crippen LogP) is 7.27. The highest BCUT2D eigenvalue weighted by Gasteiger charge is 2.41. The fourth-order valence-electron chi connectivity index (χ4n) is 3.79. The second-order valence-corrected chi connectivity index (χ2v) is 9.50. The molecule has 0 N–H and O–H groups in total. The molecule has 3 aromatic rings. The Balaban J connectivity index is 2.31. The van der Waals surface area contributed by atoms with Gasteiger partial charge in [-0.3, -0.25) is 4.79 Å². The zero-order valence-corrected chi connectivity index (χ0v) is 20.7. The number of nitrogens with zero attached hydrogens (tertiary/aromatic N) is 2. The molecule has 0 bridgehead atoms. The highest BCUT2D eigenvalue weighted by Crippen LogP contribution is 2.42. The van der Waals surface area contributed by atoms with E-state index < -0.39 is 17.8 Å². The van der Waals surface area contributed by atoms with Crippen molar-refractivity contribution in [1.29, 1.82) is 0 Å². The molecule has 1 amide bonds. The molecule has 0 radical (unpaired) electrons. The minimum absolute atomic E-state index is 0.00605. The standard InChI is InChI=1S/C24H23Cl2F3N2OS/c1-15-20(17-7-9-18(25)10-8-17)21(23(32)30(2)11-12-33-3)31(22(15)24(27,28)29)14-16-5-4-6-19(26)13-16/h4-10,13H,11-12,14H2,1-3H3. The lowest BCUT2D eigenvalue weighted by molar-refractivity contribution is -0.143. The number of hydrogen-bond donors (Lipinski definition) is 0. The van der Waals surface area contributed by atoms with Gasteiger partial charge in [-0.2, -0.15) is 24.9 Å². The topological polar surface area (TPSA) is 25.2 Å². The summed E-state index contributed by atoms with van der Waals surface area (Å²) in [6.45, 7) is 1.66. The van der Waals surface area contributed by atoms with Gasteiger partial charge in [-0.1, -0.05) is 47.5 Å². The monoisotopic (exact) mass is 514 g/mol. The first-order chi connectivity index (χ1) is 15.5. The number of rotatable bonds is 7. The number of hydrogen-bond acceptors (Lipinski definition) is 2. The molecule has 176 valence electrons. The van der Waals surface area contributed by atoms with Gasteiger partial charge in [-0.25, -0.2) is 0 Å². The van der Waals surface area contributed by atoms with E-state index in [1.807, 2.05) is 6.26 Å². The zero-order chi connectivity index (χ0) is 24.3. The van der Waals surface area contributed by atoms with E-state index in [-0.39, 0.29) is 23.4 Å². The fourth-order valence-corrected chi connectivity index (χ4v) is 4.58. The van der Waals surface area contributed by atoms with E-state index in [1.54, 1.807) is 67.3 Å². The molecule has 0 saturated heterocycles. The maximum atomic E-state index is 14.3. The molecule has 33 heavy (non-hydrogen) atoms. The van der Waals surface area contributed by atoms with Crippen molar-refractivity contribution in [2.45, 2.75) is 19.6 Å². The van der Waals surface area contributed by atoms with Crippen LogP contribution in [0.5, 0.6) is 0 Å². The summed E-state index contributed by atoms with van der Waals surface area (Å²) in [4.78, 5) is 15.0. The van der Waals surface area contributed by atoms with Gasteiger partial charge in [0, 0.05) is 41.5 Å². The second-order valence-electron chi connectivity index (χ2n) is 7.64. The van der Waals surface area contributed by atoms with Gasteiger partial charge >= 0.3 is 6.18 Å². The largest absolute Gasteiger partial charge is 0.431 e. The van der Waals surface area contributed by atoms with Crippen molar-refractivity contribution in [1.82, 2.24) is 9.47 Å². The Kier molecular flexibility index (Phi) is 8.08. The third kappa shape index (κ3) is 5.70. The van der Waals surface area contributed by atoms with Crippen molar-refractivity contribution in [3.8, 4) is 11.1 Å². The minimum Gasteiger partial charge on any atom is -0.340 e. The van der Waals surface area contributed by atoms with Crippen LogP contribution in [0.3, 0.4) is 0 Å². The number of thioether (sulfide) groups is 1. The molecular weight excluding hydrogens is 492 g/mol. The molecule has 0 unspecified atom stereocenters. The quantitative estimate of drug-likeness (QED) is 0.331. The summed E-state index contributed by atoms with van der Waals surface area (Å²) in [5.74, 6) is 0.188. The molecule has 0 aliphatic rings. The average Bonchev–Trinajstić information content (AvgIpc) is 3.03. The molecule has 2 aromatic carbocycles. The third-order valence-electron chi connectivity index (χ3n) is 5.32. The van der Waals surface area contributed by atoms with Gasteiger partial charge < -0.3 is 9.47 Å². The number of benzene rings is 2. The van der Waals surface area contributed by atoms with Crippen molar-refractivity contribution < 1.29 is 18.0 Å². The zero-order valence-electron chi connectivity index (χ0n) is 18.3. The molecule has 9 heteroatoms. The summed E-state index contributed by atoms with van der Waals surface area (Å²) in [6.07, 6.45) is -2.76. The van der Waals surface area contributed by atoms with Crippen molar-refractivity contribution in [2.24, 2.45) is 0 Å². The number of halogens is 5. The van der Waals surface area contributed by atoms with Crippen LogP contribution in [0, 0.1) is 6.92 Å². The maximum absolute atomic E-state index is 14.3. The maximum Gasteiger partial charge on any atom is 0.431 e. The first kappa shape index (κ1) is 25.5. The van der Waals surface area contributed by atoms with Crippen molar-refractivity contribution >= 4 is 40.9 Å². The van der Waals surface area contributed by atoms with E-state index in [4.69, 9.17) is 23.2 Å². The number of aromatic nitrogens is 1. The van der Waals surface area contributed by atoms with Crippen LogP contribution >= 0.6 is 35.0 Å². The Labute approximate surface area is 205 Å². The van der Waals surface area contributed by atoms with Crippen LogP contribution in [-0.2, 0) is 12.7 Å². The first-order valence-electron chi connectivity index (χ1n) is 10.1. The van der Waals surface area contributed by atoms with Crippen LogP contribution in [0.1, 0.15) is 27.3 Å². The smallest absolute Gasteiger partial charge is 0.340 e. The Morgan fingerprint density at radius 1 is 1.09 bits per heavy atom. The van der Waals surface area contributed by atoms with Gasteiger partial charge in [0.15, 0.2) is 0 Å². The van der Waals surface area contributed by atoms with Gasteiger partial charge in [-0.15, -0.1) is 0 Å². The predicted molar refractivity (Wildman–Crippen MR) is 131 cm³/mol. The van der Waals surface area contributed by atoms with E-state index in [2.05, 4.69) is 0 Å². The molecule has 0 spiro atoms. The Bertz CT molecular complexity index is 1140. The third-order valence-corrected chi connectivity index (χ3v) is 6.40. The summed E-state index contributed by atoms with van der Waals surface area (Å²) in [6, 6.07) is 13.1.